The Kier molecular flexibility index (Phi) is 5.19. The van der Waals surface area contributed by atoms with Crippen molar-refractivity contribution in [1.82, 2.24) is 4.57 Å². The third kappa shape index (κ3) is 3.73. The van der Waals surface area contributed by atoms with Crippen LogP contribution in [0.3, 0.4) is 0 Å². The van der Waals surface area contributed by atoms with Crippen molar-refractivity contribution < 1.29 is 22.5 Å². The Bertz CT molecular complexity index is 906. The third-order valence-corrected chi connectivity index (χ3v) is 5.51. The van der Waals surface area contributed by atoms with Crippen LogP contribution in [0.5, 0.6) is 0 Å². The highest BCUT2D eigenvalue weighted by Gasteiger charge is 2.52. The molecule has 1 aromatic carbocycles. The van der Waals surface area contributed by atoms with Gasteiger partial charge in [0.05, 0.1) is 33.2 Å². The molecule has 0 radical (unpaired) electrons. The average Bonchev–Trinajstić information content (AvgIpc) is 3.06. The van der Waals surface area contributed by atoms with Crippen molar-refractivity contribution in [2.75, 3.05) is 7.05 Å². The second kappa shape index (κ2) is 6.93. The maximum atomic E-state index is 13.2. The van der Waals surface area contributed by atoms with E-state index >= 15 is 0 Å². The first kappa shape index (κ1) is 21.0. The molecular weight excluding hydrogens is 391 g/mol. The standard InChI is InChI=1S/C19H21BClF3N2O2/c1-17(2)18(3,4)28-20(27-17)13-9-14(10-25-5)26(11-13)16-8-12(19(22,23)24)6-7-15(16)21/h6-11H,1-5H3. The van der Waals surface area contributed by atoms with Gasteiger partial charge in [-0.05, 0) is 52.0 Å². The van der Waals surface area contributed by atoms with Crippen molar-refractivity contribution in [2.45, 2.75) is 45.1 Å². The van der Waals surface area contributed by atoms with Crippen molar-refractivity contribution in [3.05, 3.63) is 46.7 Å². The van der Waals surface area contributed by atoms with Crippen molar-refractivity contribution in [3.8, 4) is 5.69 Å². The van der Waals surface area contributed by atoms with Crippen LogP contribution in [0.15, 0.2) is 35.5 Å². The Morgan fingerprint density at radius 3 is 2.25 bits per heavy atom. The van der Waals surface area contributed by atoms with E-state index in [1.807, 2.05) is 27.7 Å². The second-order valence-corrected chi connectivity index (χ2v) is 8.12. The van der Waals surface area contributed by atoms with E-state index in [9.17, 15) is 13.2 Å². The Balaban J connectivity index is 2.09. The SMILES string of the molecule is CN=Cc1cc(B2OC(C)(C)C(C)(C)O2)cn1-c1cc(C(F)(F)F)ccc1Cl. The molecular formula is C19H21BClF3N2O2. The van der Waals surface area contributed by atoms with E-state index < -0.39 is 30.1 Å². The first-order valence-electron chi connectivity index (χ1n) is 8.73. The van der Waals surface area contributed by atoms with Gasteiger partial charge in [0.25, 0.3) is 0 Å². The zero-order valence-electron chi connectivity index (χ0n) is 16.3. The molecule has 0 atom stereocenters. The molecule has 3 rings (SSSR count). The summed E-state index contributed by atoms with van der Waals surface area (Å²) in [5.74, 6) is 0. The molecule has 9 heteroatoms. The minimum absolute atomic E-state index is 0.190. The summed E-state index contributed by atoms with van der Waals surface area (Å²) < 4.78 is 53.2. The molecule has 0 saturated carbocycles. The van der Waals surface area contributed by atoms with Crippen LogP contribution in [0.4, 0.5) is 13.2 Å². The van der Waals surface area contributed by atoms with E-state index in [-0.39, 0.29) is 10.7 Å². The van der Waals surface area contributed by atoms with E-state index in [4.69, 9.17) is 20.9 Å². The summed E-state index contributed by atoms with van der Waals surface area (Å²) in [6, 6.07) is 4.98. The Hall–Kier alpha value is -1.77. The lowest BCUT2D eigenvalue weighted by atomic mass is 9.81. The fourth-order valence-electron chi connectivity index (χ4n) is 2.92. The number of hydrogen-bond donors (Lipinski definition) is 0. The van der Waals surface area contributed by atoms with Crippen molar-refractivity contribution in [2.24, 2.45) is 4.99 Å². The summed E-state index contributed by atoms with van der Waals surface area (Å²) >= 11 is 6.22. The molecule has 2 aromatic rings. The number of nitrogens with zero attached hydrogens (tertiary/aromatic N) is 2. The lowest BCUT2D eigenvalue weighted by Crippen LogP contribution is -2.41. The molecule has 0 spiro atoms. The molecule has 1 aliphatic rings. The van der Waals surface area contributed by atoms with Crippen LogP contribution >= 0.6 is 11.6 Å². The molecule has 28 heavy (non-hydrogen) atoms. The third-order valence-electron chi connectivity index (χ3n) is 5.19. The minimum atomic E-state index is -4.47. The first-order chi connectivity index (χ1) is 12.9. The molecule has 0 aliphatic carbocycles. The lowest BCUT2D eigenvalue weighted by molar-refractivity contribution is -0.137. The minimum Gasteiger partial charge on any atom is -0.399 e. The van der Waals surface area contributed by atoms with Gasteiger partial charge in [0, 0.05) is 24.9 Å². The van der Waals surface area contributed by atoms with E-state index in [0.29, 0.717) is 11.2 Å². The van der Waals surface area contributed by atoms with Crippen LogP contribution < -0.4 is 5.46 Å². The van der Waals surface area contributed by atoms with Gasteiger partial charge in [-0.1, -0.05) is 11.6 Å². The largest absolute Gasteiger partial charge is 0.496 e. The Labute approximate surface area is 167 Å². The fraction of sp³-hybridized carbons (Fsp3) is 0.421. The maximum Gasteiger partial charge on any atom is 0.496 e. The number of rotatable bonds is 3. The predicted octanol–water partition coefficient (Wildman–Crippen LogP) is 4.50. The number of halogens is 4. The van der Waals surface area contributed by atoms with Crippen LogP contribution in [0.25, 0.3) is 5.69 Å². The molecule has 0 unspecified atom stereocenters. The molecule has 1 saturated heterocycles. The Morgan fingerprint density at radius 2 is 1.71 bits per heavy atom. The number of hydrogen-bond acceptors (Lipinski definition) is 3. The molecule has 150 valence electrons. The van der Waals surface area contributed by atoms with E-state index in [1.165, 1.54) is 6.07 Å². The summed E-state index contributed by atoms with van der Waals surface area (Å²) in [5.41, 5.74) is -0.416. The van der Waals surface area contributed by atoms with Crippen molar-refractivity contribution in [1.29, 1.82) is 0 Å². The van der Waals surface area contributed by atoms with Crippen LogP contribution in [0.2, 0.25) is 5.02 Å². The van der Waals surface area contributed by atoms with Crippen molar-refractivity contribution in [3.63, 3.8) is 0 Å². The zero-order chi connectivity index (χ0) is 20.9. The molecule has 1 fully saturated rings. The quantitative estimate of drug-likeness (QED) is 0.550. The zero-order valence-corrected chi connectivity index (χ0v) is 17.0. The van der Waals surface area contributed by atoms with Gasteiger partial charge in [0.15, 0.2) is 0 Å². The van der Waals surface area contributed by atoms with Crippen LogP contribution in [-0.2, 0) is 15.5 Å². The molecule has 2 heterocycles. The number of alkyl halides is 3. The van der Waals surface area contributed by atoms with Gasteiger partial charge >= 0.3 is 13.3 Å². The Morgan fingerprint density at radius 1 is 1.11 bits per heavy atom. The van der Waals surface area contributed by atoms with Crippen LogP contribution in [0, 0.1) is 0 Å². The maximum absolute atomic E-state index is 13.2. The normalized spacial score (nSPS) is 19.0. The van der Waals surface area contributed by atoms with E-state index in [2.05, 4.69) is 4.99 Å². The van der Waals surface area contributed by atoms with Crippen LogP contribution in [0.1, 0.15) is 39.0 Å². The summed E-state index contributed by atoms with van der Waals surface area (Å²) in [5, 5.41) is 0.190. The van der Waals surface area contributed by atoms with Gasteiger partial charge in [0.2, 0.25) is 0 Å². The van der Waals surface area contributed by atoms with Gasteiger partial charge in [-0.3, -0.25) is 4.99 Å². The molecule has 1 aliphatic heterocycles. The van der Waals surface area contributed by atoms with Crippen molar-refractivity contribution >= 4 is 30.4 Å². The molecule has 0 N–H and O–H groups in total. The molecule has 0 amide bonds. The number of benzene rings is 1. The summed E-state index contributed by atoms with van der Waals surface area (Å²) in [4.78, 5) is 4.00. The van der Waals surface area contributed by atoms with E-state index in [0.717, 1.165) is 12.1 Å². The van der Waals surface area contributed by atoms with E-state index in [1.54, 1.807) is 30.1 Å². The molecule has 1 aromatic heterocycles. The predicted molar refractivity (Wildman–Crippen MR) is 105 cm³/mol. The summed E-state index contributed by atoms with van der Waals surface area (Å²) in [6.07, 6.45) is -1.26. The van der Waals surface area contributed by atoms with Crippen LogP contribution in [-0.4, -0.2) is 36.1 Å². The number of aliphatic imine (C=N–C) groups is 1. The monoisotopic (exact) mass is 412 g/mol. The molecule has 0 bridgehead atoms. The van der Waals surface area contributed by atoms with Gasteiger partial charge in [0.1, 0.15) is 0 Å². The highest BCUT2D eigenvalue weighted by Crippen LogP contribution is 2.37. The second-order valence-electron chi connectivity index (χ2n) is 7.71. The van der Waals surface area contributed by atoms with Gasteiger partial charge < -0.3 is 13.9 Å². The van der Waals surface area contributed by atoms with Gasteiger partial charge in [-0.15, -0.1) is 0 Å². The smallest absolute Gasteiger partial charge is 0.399 e. The fourth-order valence-corrected chi connectivity index (χ4v) is 3.13. The first-order valence-corrected chi connectivity index (χ1v) is 9.11. The number of aromatic nitrogens is 1. The van der Waals surface area contributed by atoms with Gasteiger partial charge in [-0.2, -0.15) is 13.2 Å². The highest BCUT2D eigenvalue weighted by molar-refractivity contribution is 6.62. The van der Waals surface area contributed by atoms with Gasteiger partial charge in [-0.25, -0.2) is 0 Å². The highest BCUT2D eigenvalue weighted by atomic mass is 35.5. The molecule has 4 nitrogen and oxygen atoms in total. The lowest BCUT2D eigenvalue weighted by Gasteiger charge is -2.32. The average molecular weight is 413 g/mol. The topological polar surface area (TPSA) is 35.8 Å². The summed E-state index contributed by atoms with van der Waals surface area (Å²) in [6.45, 7) is 7.73. The summed E-state index contributed by atoms with van der Waals surface area (Å²) in [7, 11) is 0.930.